The van der Waals surface area contributed by atoms with E-state index in [4.69, 9.17) is 11.5 Å². The molecular weight excluding hydrogens is 1790 g/mol. The molecule has 16 amide bonds. The maximum absolute atomic E-state index is 15.7. The number of thioether (sulfide) groups is 1. The number of phenols is 1. The van der Waals surface area contributed by atoms with E-state index in [9.17, 15) is 73.1 Å². The number of aliphatic hydroxyl groups excluding tert-OH is 2. The van der Waals surface area contributed by atoms with Crippen LogP contribution in [0.2, 0.25) is 0 Å². The second kappa shape index (κ2) is 48.6. The van der Waals surface area contributed by atoms with Crippen molar-refractivity contribution in [3.63, 3.8) is 0 Å². The van der Waals surface area contributed by atoms with E-state index in [2.05, 4.69) is 52.8 Å². The first-order valence-electron chi connectivity index (χ1n) is 43.6. The van der Waals surface area contributed by atoms with E-state index >= 15 is 51.9 Å². The van der Waals surface area contributed by atoms with Gasteiger partial charge in [-0.25, -0.2) is 13.2 Å². The molecule has 3 aliphatic heterocycles. The number of fused-ring (bicyclic) bond motifs is 3. The highest BCUT2D eigenvalue weighted by molar-refractivity contribution is 8.00. The van der Waals surface area contributed by atoms with Gasteiger partial charge in [0, 0.05) is 108 Å². The number of aromatic amines is 1. The molecule has 3 aliphatic rings. The number of primary amides is 2. The van der Waals surface area contributed by atoms with Crippen LogP contribution in [0.25, 0.3) is 10.9 Å². The molecule has 135 heavy (non-hydrogen) atoms. The molecule has 726 valence electrons. The summed E-state index contributed by atoms with van der Waals surface area (Å²) in [5, 5.41) is 76.2. The molecule has 1 aromatic heterocycles. The van der Waals surface area contributed by atoms with E-state index in [0.29, 0.717) is 57.9 Å². The highest BCUT2D eigenvalue weighted by Gasteiger charge is 2.48. The summed E-state index contributed by atoms with van der Waals surface area (Å²) < 4.78 is 45.0. The lowest BCUT2D eigenvalue weighted by Gasteiger charge is -2.38. The number of hydrogen-bond acceptors (Lipinski definition) is 22. The third kappa shape index (κ3) is 29.0. The highest BCUT2D eigenvalue weighted by Crippen LogP contribution is 2.29. The van der Waals surface area contributed by atoms with Crippen molar-refractivity contribution in [3.8, 4) is 5.75 Å². The average Bonchev–Trinajstić information content (AvgIpc) is 1.68. The Balaban J connectivity index is 1.15. The van der Waals surface area contributed by atoms with Crippen LogP contribution in [0, 0.1) is 23.4 Å². The first-order valence-corrected chi connectivity index (χ1v) is 44.8. The molecule has 0 unspecified atom stereocenters. The number of H-pyrrole nitrogens is 1. The van der Waals surface area contributed by atoms with E-state index in [1.807, 2.05) is 0 Å². The number of aliphatic carboxylic acids is 2. The summed E-state index contributed by atoms with van der Waals surface area (Å²) >= 11 is 0.548. The summed E-state index contributed by atoms with van der Waals surface area (Å²) in [4.78, 5) is 270. The zero-order chi connectivity index (χ0) is 98.9. The molecule has 0 bridgehead atoms. The number of nitrogens with zero attached hydrogens (tertiary/aromatic N) is 5. The van der Waals surface area contributed by atoms with Gasteiger partial charge in [0.1, 0.15) is 84.3 Å². The summed E-state index contributed by atoms with van der Waals surface area (Å²) in [5.74, 6) is -29.7. The van der Waals surface area contributed by atoms with Gasteiger partial charge in [0.25, 0.3) is 0 Å². The van der Waals surface area contributed by atoms with Crippen molar-refractivity contribution < 1.29 is 125 Å². The molecule has 0 saturated carbocycles. The predicted octanol–water partition coefficient (Wildman–Crippen LogP) is -1.50. The van der Waals surface area contributed by atoms with E-state index in [0.717, 1.165) is 38.6 Å². The third-order valence-corrected chi connectivity index (χ3v) is 24.4. The second-order valence-electron chi connectivity index (χ2n) is 33.8. The quantitative estimate of drug-likeness (QED) is 0.0307. The summed E-state index contributed by atoms with van der Waals surface area (Å²) in [6.45, 7) is 2.56. The first-order chi connectivity index (χ1) is 64.0. The fourth-order valence-electron chi connectivity index (χ4n) is 16.2. The predicted molar refractivity (Wildman–Crippen MR) is 478 cm³/mol. The lowest BCUT2D eigenvalue weighted by molar-refractivity contribution is -0.152. The highest BCUT2D eigenvalue weighted by atomic mass is 32.2. The van der Waals surface area contributed by atoms with Crippen molar-refractivity contribution >= 4 is 129 Å². The Labute approximate surface area is 777 Å². The van der Waals surface area contributed by atoms with Gasteiger partial charge < -0.3 is 114 Å². The monoisotopic (exact) mass is 1900 g/mol. The van der Waals surface area contributed by atoms with Gasteiger partial charge in [0.05, 0.1) is 37.3 Å². The van der Waals surface area contributed by atoms with Crippen LogP contribution < -0.4 is 59.3 Å². The number of benzene rings is 5. The maximum Gasteiger partial charge on any atom is 0.305 e. The molecule has 5 aromatic carbocycles. The van der Waals surface area contributed by atoms with Gasteiger partial charge in [-0.2, -0.15) is 0 Å². The largest absolute Gasteiger partial charge is 0.508 e. The van der Waals surface area contributed by atoms with Crippen LogP contribution in [0.1, 0.15) is 106 Å². The van der Waals surface area contributed by atoms with Crippen molar-refractivity contribution in [2.75, 3.05) is 52.3 Å². The number of aromatic nitrogens is 1. The Kier molecular flexibility index (Phi) is 37.7. The average molecular weight is 1900 g/mol. The van der Waals surface area contributed by atoms with Crippen molar-refractivity contribution in [1.29, 1.82) is 0 Å². The minimum Gasteiger partial charge on any atom is -0.508 e. The minimum absolute atomic E-state index is 0.169. The molecule has 15 atom stereocenters. The van der Waals surface area contributed by atoms with Crippen LogP contribution in [0.5, 0.6) is 5.75 Å². The molecule has 0 spiro atoms. The number of aromatic hydroxyl groups is 1. The molecule has 3 saturated heterocycles. The number of carbonyl (C=O) groups excluding carboxylic acids is 16. The van der Waals surface area contributed by atoms with E-state index in [-0.39, 0.29) is 37.0 Å². The Morgan fingerprint density at radius 1 is 0.496 bits per heavy atom. The van der Waals surface area contributed by atoms with Gasteiger partial charge in [-0.1, -0.05) is 125 Å². The smallest absolute Gasteiger partial charge is 0.305 e. The molecule has 44 heteroatoms. The van der Waals surface area contributed by atoms with Crippen LogP contribution in [-0.4, -0.2) is 305 Å². The van der Waals surface area contributed by atoms with E-state index in [1.165, 1.54) is 51.4 Å². The van der Waals surface area contributed by atoms with Crippen LogP contribution in [0.4, 0.5) is 13.2 Å². The number of unbranched alkanes of at least 4 members (excludes halogenated alkanes) is 1. The van der Waals surface area contributed by atoms with Gasteiger partial charge in [-0.05, 0) is 76.9 Å². The van der Waals surface area contributed by atoms with Crippen LogP contribution in [-0.2, 0) is 118 Å². The molecule has 19 N–H and O–H groups in total. The standard InChI is InChI=1S/C91H112F3N17O23S/c1-7-8-23-67-90(133)111-44-55(114)38-70(111)86(129)104-64(40-76(120)121)83(126)106-78(47(2)3)91(134)108(5)68(34-48-17-11-9-12-18-48)84(127)100-60(28-29-75(118)119)88(131)110-43-54(113)37-69(110)85(128)103-62(36-52-41-97-59-22-16-15-21-56(52)59)81(124)101-61(32-50-24-26-53(112)27-25-50)80(123)102-63(39-72(95)115)82(125)105-66(79(122)98-42-73(96)116)45-135-46-74(117)99-65(33-51-30-57(92)77(94)58(93)31-51)87(130)109(6)71(89(132)107(67)4)35-49-19-13-10-14-20-49/h9-22,24-27,30-31,41,47,54-55,60-71,78,97,112-114H,7-8,23,28-29,32-40,42-46H2,1-6H3,(H2,95,115)(H2,96,116)(H,98,122)(H,99,117)(H,100,127)(H,101,124)(H,102,123)(H,103,128)(H,104,129)(H,105,125)(H,106,126)(H,118,119)(H,120,121)/t54-,55-,60+,61+,62+,63-,64+,65-,66+,67+,68-,69-,70-,71+,78+/m1/s1. The maximum atomic E-state index is 15.7. The van der Waals surface area contributed by atoms with Crippen molar-refractivity contribution in [2.24, 2.45) is 17.4 Å². The fraction of sp³-hybridized carbons (Fsp3) is 0.451. The fourth-order valence-corrected chi connectivity index (χ4v) is 17.0. The number of carboxylic acids is 2. The van der Waals surface area contributed by atoms with Crippen LogP contribution >= 0.6 is 11.8 Å². The van der Waals surface area contributed by atoms with Gasteiger partial charge in [-0.3, -0.25) is 86.3 Å². The van der Waals surface area contributed by atoms with Crippen molar-refractivity contribution in [2.45, 2.75) is 201 Å². The summed E-state index contributed by atoms with van der Waals surface area (Å²) in [6.07, 6.45) is -8.52. The summed E-state index contributed by atoms with van der Waals surface area (Å²) in [6, 6.07) is 5.06. The zero-order valence-electron chi connectivity index (χ0n) is 74.8. The Morgan fingerprint density at radius 2 is 0.993 bits per heavy atom. The molecule has 9 rings (SSSR count). The molecular formula is C91H112F3N17O23S. The van der Waals surface area contributed by atoms with Gasteiger partial charge in [-0.15, -0.1) is 11.8 Å². The molecule has 40 nitrogen and oxygen atoms in total. The molecule has 0 radical (unpaired) electrons. The minimum atomic E-state index is -2.09. The Morgan fingerprint density at radius 3 is 1.56 bits per heavy atom. The lowest BCUT2D eigenvalue weighted by atomic mass is 9.98. The number of likely N-dealkylation sites (N-methyl/N-ethyl adjacent to an activating group) is 3. The van der Waals surface area contributed by atoms with E-state index in [1.54, 1.807) is 91.9 Å². The number of rotatable bonds is 24. The number of carbonyl (C=O) groups is 18. The van der Waals surface area contributed by atoms with Gasteiger partial charge in [0.2, 0.25) is 94.5 Å². The summed E-state index contributed by atoms with van der Waals surface area (Å²) in [7, 11) is 3.48. The number of carboxylic acid groups (broad SMARTS) is 2. The number of halogens is 3. The molecule has 4 heterocycles. The number of phenolic OH excluding ortho intramolecular Hbond substituents is 1. The second-order valence-corrected chi connectivity index (χ2v) is 34.9. The third-order valence-electron chi connectivity index (χ3n) is 23.4. The number of nitrogens with one attached hydrogen (secondary N) is 10. The molecule has 0 aliphatic carbocycles. The van der Waals surface area contributed by atoms with Crippen LogP contribution in [0.15, 0.2) is 128 Å². The van der Waals surface area contributed by atoms with Crippen molar-refractivity contribution in [1.82, 2.24) is 77.3 Å². The lowest BCUT2D eigenvalue weighted by Crippen LogP contribution is -2.62. The Bertz CT molecular complexity index is 5330. The van der Waals surface area contributed by atoms with E-state index < -0.39 is 315 Å². The SMILES string of the molecule is CCCC[C@H]1C(=O)N2C[C@H](O)C[C@@H]2C(=O)N[C@@H](CC(=O)O)C(=O)N[C@@H](C(C)C)C(=O)N(C)[C@H](Cc2ccccc2)C(=O)N[C@@H](CCC(=O)O)C(=O)N2C[C@H](O)C[C@@H]2C(=O)N[C@@H](Cc2c[nH]c3ccccc23)C(=O)N[C@@H](Cc2ccc(O)cc2)C(=O)N[C@H](CC(N)=O)C(=O)N[C@H](C(=O)NCC(N)=O)CSCC(=O)N[C@H](Cc2cc(F)c(F)c(F)c2)C(=O)N(C)[C@@H](Cc2ccccc2)C(=O)N1C. The van der Waals surface area contributed by atoms with Gasteiger partial charge >= 0.3 is 11.9 Å². The number of hydrogen-bond donors (Lipinski definition) is 17. The number of para-hydroxylation sites is 1. The normalized spacial score (nSPS) is 24.4. The van der Waals surface area contributed by atoms with Gasteiger partial charge in [0.15, 0.2) is 17.5 Å². The first kappa shape index (κ1) is 105. The zero-order valence-corrected chi connectivity index (χ0v) is 75.6. The number of nitrogens with two attached hydrogens (primary N) is 2. The molecule has 3 fully saturated rings. The molecule has 6 aromatic rings. The summed E-state index contributed by atoms with van der Waals surface area (Å²) in [5.41, 5.74) is 12.6. The Hall–Kier alpha value is -14.0. The van der Waals surface area contributed by atoms with Crippen molar-refractivity contribution in [3.05, 3.63) is 173 Å². The van der Waals surface area contributed by atoms with Crippen LogP contribution in [0.3, 0.4) is 0 Å². The number of aliphatic hydroxyl groups is 2. The number of amides is 16. The topological polar surface area (TPSA) is 601 Å².